The first-order valence-electron chi connectivity index (χ1n) is 12.3. The molecule has 192 valence electrons. The Morgan fingerprint density at radius 2 is 1.70 bits per heavy atom. The third-order valence-corrected chi connectivity index (χ3v) is 6.06. The molecule has 3 aromatic carbocycles. The summed E-state index contributed by atoms with van der Waals surface area (Å²) in [4.78, 5) is 11.4. The van der Waals surface area contributed by atoms with Gasteiger partial charge in [0.1, 0.15) is 5.75 Å². The first-order chi connectivity index (χ1) is 18.0. The number of carboxylic acids is 1. The molecule has 4 aromatic rings. The SMILES string of the molecule is CCCCOc1ccc(CC(=O)O)cc1-c1cc(-c2cccc(OC)c2OC)n(Cc2ccccc2)n1. The van der Waals surface area contributed by atoms with E-state index in [9.17, 15) is 9.90 Å². The molecule has 0 saturated carbocycles. The third kappa shape index (κ3) is 6.12. The fourth-order valence-corrected chi connectivity index (χ4v) is 4.25. The van der Waals surface area contributed by atoms with Gasteiger partial charge in [-0.1, -0.05) is 55.8 Å². The monoisotopic (exact) mass is 500 g/mol. The van der Waals surface area contributed by atoms with Crippen LogP contribution in [0.25, 0.3) is 22.5 Å². The number of aliphatic carboxylic acids is 1. The second-order valence-electron chi connectivity index (χ2n) is 8.70. The lowest BCUT2D eigenvalue weighted by molar-refractivity contribution is -0.136. The summed E-state index contributed by atoms with van der Waals surface area (Å²) in [5, 5.41) is 14.3. The lowest BCUT2D eigenvalue weighted by Gasteiger charge is -2.14. The summed E-state index contributed by atoms with van der Waals surface area (Å²) in [5.41, 5.74) is 4.91. The van der Waals surface area contributed by atoms with Gasteiger partial charge in [-0.05, 0) is 47.9 Å². The molecule has 0 radical (unpaired) electrons. The van der Waals surface area contributed by atoms with Crippen molar-refractivity contribution in [3.63, 3.8) is 0 Å². The highest BCUT2D eigenvalue weighted by atomic mass is 16.5. The Morgan fingerprint density at radius 3 is 2.41 bits per heavy atom. The van der Waals surface area contributed by atoms with Crippen LogP contribution in [-0.4, -0.2) is 41.7 Å². The van der Waals surface area contributed by atoms with Crippen LogP contribution in [0.15, 0.2) is 72.8 Å². The van der Waals surface area contributed by atoms with Crippen LogP contribution in [0, 0.1) is 0 Å². The smallest absolute Gasteiger partial charge is 0.307 e. The van der Waals surface area contributed by atoms with Crippen LogP contribution < -0.4 is 14.2 Å². The maximum absolute atomic E-state index is 11.4. The molecule has 1 N–H and O–H groups in total. The van der Waals surface area contributed by atoms with Gasteiger partial charge in [-0.3, -0.25) is 9.48 Å². The summed E-state index contributed by atoms with van der Waals surface area (Å²) in [5.74, 6) is 1.03. The number of benzene rings is 3. The van der Waals surface area contributed by atoms with Crippen LogP contribution in [0.3, 0.4) is 0 Å². The molecule has 0 aliphatic carbocycles. The minimum Gasteiger partial charge on any atom is -0.493 e. The van der Waals surface area contributed by atoms with Crippen LogP contribution >= 0.6 is 0 Å². The number of rotatable bonds is 12. The van der Waals surface area contributed by atoms with Gasteiger partial charge in [-0.15, -0.1) is 0 Å². The Bertz CT molecular complexity index is 1350. The van der Waals surface area contributed by atoms with Gasteiger partial charge in [0.05, 0.1) is 45.2 Å². The minimum atomic E-state index is -0.887. The number of methoxy groups -OCH3 is 2. The average molecular weight is 501 g/mol. The highest BCUT2D eigenvalue weighted by molar-refractivity contribution is 5.78. The summed E-state index contributed by atoms with van der Waals surface area (Å²) < 4.78 is 19.3. The van der Waals surface area contributed by atoms with E-state index < -0.39 is 5.97 Å². The van der Waals surface area contributed by atoms with E-state index in [-0.39, 0.29) is 6.42 Å². The second-order valence-corrected chi connectivity index (χ2v) is 8.70. The van der Waals surface area contributed by atoms with E-state index in [0.29, 0.717) is 41.7 Å². The molecule has 1 aromatic heterocycles. The van der Waals surface area contributed by atoms with Gasteiger partial charge in [0.15, 0.2) is 11.5 Å². The molecule has 0 saturated heterocycles. The molecule has 0 atom stereocenters. The maximum atomic E-state index is 11.4. The second kappa shape index (κ2) is 12.1. The molecule has 0 spiro atoms. The van der Waals surface area contributed by atoms with Crippen molar-refractivity contribution in [1.29, 1.82) is 0 Å². The lowest BCUT2D eigenvalue weighted by Crippen LogP contribution is -2.05. The molecule has 37 heavy (non-hydrogen) atoms. The van der Waals surface area contributed by atoms with Crippen molar-refractivity contribution >= 4 is 5.97 Å². The number of ether oxygens (including phenoxy) is 3. The van der Waals surface area contributed by atoms with Gasteiger partial charge < -0.3 is 19.3 Å². The molecule has 0 aliphatic heterocycles. The number of hydrogen-bond donors (Lipinski definition) is 1. The van der Waals surface area contributed by atoms with E-state index in [1.165, 1.54) is 0 Å². The van der Waals surface area contributed by atoms with Crippen LogP contribution in [-0.2, 0) is 17.8 Å². The fourth-order valence-electron chi connectivity index (χ4n) is 4.25. The normalized spacial score (nSPS) is 10.8. The summed E-state index contributed by atoms with van der Waals surface area (Å²) in [6.07, 6.45) is 1.85. The van der Waals surface area contributed by atoms with Crippen LogP contribution in [0.1, 0.15) is 30.9 Å². The van der Waals surface area contributed by atoms with E-state index in [2.05, 4.69) is 19.1 Å². The number of para-hydroxylation sites is 1. The maximum Gasteiger partial charge on any atom is 0.307 e. The Labute approximate surface area is 217 Å². The molecule has 0 unspecified atom stereocenters. The topological polar surface area (TPSA) is 82.8 Å². The molecular formula is C30H32N2O5. The summed E-state index contributed by atoms with van der Waals surface area (Å²) in [7, 11) is 3.23. The highest BCUT2D eigenvalue weighted by Crippen LogP contribution is 2.40. The molecule has 0 aliphatic rings. The zero-order chi connectivity index (χ0) is 26.2. The van der Waals surface area contributed by atoms with Crippen molar-refractivity contribution in [3.8, 4) is 39.8 Å². The number of nitrogens with zero attached hydrogens (tertiary/aromatic N) is 2. The largest absolute Gasteiger partial charge is 0.493 e. The molecule has 0 fully saturated rings. The Morgan fingerprint density at radius 1 is 0.892 bits per heavy atom. The van der Waals surface area contributed by atoms with E-state index in [1.54, 1.807) is 20.3 Å². The number of carboxylic acid groups (broad SMARTS) is 1. The van der Waals surface area contributed by atoms with Gasteiger partial charge in [0.25, 0.3) is 0 Å². The average Bonchev–Trinajstić information content (AvgIpc) is 3.32. The molecule has 7 nitrogen and oxygen atoms in total. The third-order valence-electron chi connectivity index (χ3n) is 6.06. The minimum absolute atomic E-state index is 0.0798. The lowest BCUT2D eigenvalue weighted by atomic mass is 10.0. The standard InChI is InChI=1S/C30H32N2O5/c1-4-5-16-37-27-15-14-22(18-29(33)34)17-24(27)25-19-26(23-12-9-13-28(35-2)30(23)36-3)32(31-25)20-21-10-7-6-8-11-21/h6-15,17,19H,4-5,16,18,20H2,1-3H3,(H,33,34). The molecule has 0 amide bonds. The van der Waals surface area contributed by atoms with Crippen LogP contribution in [0.5, 0.6) is 17.2 Å². The van der Waals surface area contributed by atoms with Crippen LogP contribution in [0.4, 0.5) is 0 Å². The van der Waals surface area contributed by atoms with Crippen molar-refractivity contribution in [1.82, 2.24) is 9.78 Å². The Hall–Kier alpha value is -4.26. The number of hydrogen-bond acceptors (Lipinski definition) is 5. The van der Waals surface area contributed by atoms with Crippen molar-refractivity contribution in [2.24, 2.45) is 0 Å². The zero-order valence-electron chi connectivity index (χ0n) is 21.4. The quantitative estimate of drug-likeness (QED) is 0.237. The van der Waals surface area contributed by atoms with Crippen molar-refractivity contribution in [3.05, 3.63) is 83.9 Å². The van der Waals surface area contributed by atoms with Gasteiger partial charge in [0.2, 0.25) is 0 Å². The Balaban J connectivity index is 1.87. The van der Waals surface area contributed by atoms with Crippen molar-refractivity contribution < 1.29 is 24.1 Å². The molecule has 7 heteroatoms. The highest BCUT2D eigenvalue weighted by Gasteiger charge is 2.20. The molecular weight excluding hydrogens is 468 g/mol. The predicted molar refractivity (Wildman–Crippen MR) is 143 cm³/mol. The van der Waals surface area contributed by atoms with Crippen LogP contribution in [0.2, 0.25) is 0 Å². The van der Waals surface area contributed by atoms with Crippen molar-refractivity contribution in [2.75, 3.05) is 20.8 Å². The molecule has 4 rings (SSSR count). The Kier molecular flexibility index (Phi) is 8.46. The molecule has 0 bridgehead atoms. The van der Waals surface area contributed by atoms with Gasteiger partial charge >= 0.3 is 5.97 Å². The fraction of sp³-hybridized carbons (Fsp3) is 0.267. The number of carbonyl (C=O) groups is 1. The zero-order valence-corrected chi connectivity index (χ0v) is 21.4. The summed E-state index contributed by atoms with van der Waals surface area (Å²) >= 11 is 0. The summed E-state index contributed by atoms with van der Waals surface area (Å²) in [6.45, 7) is 3.22. The summed E-state index contributed by atoms with van der Waals surface area (Å²) in [6, 6.07) is 23.3. The molecule has 1 heterocycles. The van der Waals surface area contributed by atoms with E-state index >= 15 is 0 Å². The van der Waals surface area contributed by atoms with E-state index in [4.69, 9.17) is 19.3 Å². The van der Waals surface area contributed by atoms with Gasteiger partial charge in [-0.2, -0.15) is 5.10 Å². The van der Waals surface area contributed by atoms with E-state index in [1.807, 2.05) is 59.3 Å². The first-order valence-corrected chi connectivity index (χ1v) is 12.3. The first kappa shape index (κ1) is 25.8. The number of aromatic nitrogens is 2. The number of unbranched alkanes of at least 4 members (excludes halogenated alkanes) is 1. The van der Waals surface area contributed by atoms with Crippen molar-refractivity contribution in [2.45, 2.75) is 32.7 Å². The predicted octanol–water partition coefficient (Wildman–Crippen LogP) is 6.09. The van der Waals surface area contributed by atoms with E-state index in [0.717, 1.165) is 35.2 Å². The van der Waals surface area contributed by atoms with Gasteiger partial charge in [0, 0.05) is 11.1 Å². The van der Waals surface area contributed by atoms with Gasteiger partial charge in [-0.25, -0.2) is 0 Å².